The molecule has 1 amide bonds. The summed E-state index contributed by atoms with van der Waals surface area (Å²) in [4.78, 5) is 30.9. The number of aromatic nitrogens is 1. The zero-order valence-corrected chi connectivity index (χ0v) is 14.7. The number of nitrogens with zero attached hydrogens (tertiary/aromatic N) is 2. The molecule has 0 atom stereocenters. The minimum Gasteiger partial charge on any atom is -0.467 e. The number of Topliss-reactive ketones (excluding diaryl/α,β-unsaturated/α-hetero) is 1. The van der Waals surface area contributed by atoms with E-state index in [-0.39, 0.29) is 18.1 Å². The molecular weight excluding hydrogens is 336 g/mol. The Labute approximate surface area is 149 Å². The van der Waals surface area contributed by atoms with Crippen LogP contribution in [-0.2, 0) is 24.3 Å². The molecule has 5 nitrogen and oxygen atoms in total. The highest BCUT2D eigenvalue weighted by Gasteiger charge is 2.18. The molecule has 0 unspecified atom stereocenters. The van der Waals surface area contributed by atoms with Crippen LogP contribution in [0.15, 0.2) is 58.7 Å². The van der Waals surface area contributed by atoms with Crippen LogP contribution in [-0.4, -0.2) is 21.6 Å². The van der Waals surface area contributed by atoms with Crippen LogP contribution < -0.4 is 0 Å². The van der Waals surface area contributed by atoms with Crippen molar-refractivity contribution in [1.29, 1.82) is 0 Å². The van der Waals surface area contributed by atoms with Crippen molar-refractivity contribution < 1.29 is 14.0 Å². The lowest BCUT2D eigenvalue weighted by molar-refractivity contribution is -0.132. The molecule has 3 aromatic heterocycles. The van der Waals surface area contributed by atoms with Gasteiger partial charge in [-0.25, -0.2) is 0 Å². The van der Waals surface area contributed by atoms with Crippen LogP contribution in [0.5, 0.6) is 0 Å². The summed E-state index contributed by atoms with van der Waals surface area (Å²) < 4.78 is 5.38. The SMILES string of the molecule is CC(=O)c1cc(CC(=O)N(Cc2ccccn2)Cc2ccco2)cs1. The minimum atomic E-state index is -0.0324. The molecule has 0 aliphatic heterocycles. The first-order valence-corrected chi connectivity index (χ1v) is 8.78. The third-order valence-electron chi connectivity index (χ3n) is 3.71. The predicted octanol–water partition coefficient (Wildman–Crippen LogP) is 3.71. The van der Waals surface area contributed by atoms with Crippen molar-refractivity contribution in [3.8, 4) is 0 Å². The number of furan rings is 1. The maximum atomic E-state index is 12.8. The average Bonchev–Trinajstić information content (AvgIpc) is 3.27. The van der Waals surface area contributed by atoms with Crippen molar-refractivity contribution in [3.63, 3.8) is 0 Å². The zero-order chi connectivity index (χ0) is 17.6. The van der Waals surface area contributed by atoms with E-state index in [0.29, 0.717) is 18.0 Å². The molecule has 0 spiro atoms. The fraction of sp³-hybridized carbons (Fsp3) is 0.211. The number of carbonyl (C=O) groups excluding carboxylic acids is 2. The summed E-state index contributed by atoms with van der Waals surface area (Å²) in [5.41, 5.74) is 1.67. The molecule has 0 radical (unpaired) electrons. The Hall–Kier alpha value is -2.73. The van der Waals surface area contributed by atoms with Crippen LogP contribution in [0, 0.1) is 0 Å². The van der Waals surface area contributed by atoms with Gasteiger partial charge in [-0.1, -0.05) is 6.07 Å². The maximum absolute atomic E-state index is 12.8. The Kier molecular flexibility index (Phi) is 5.40. The molecule has 6 heteroatoms. The van der Waals surface area contributed by atoms with Gasteiger partial charge in [0.2, 0.25) is 5.91 Å². The smallest absolute Gasteiger partial charge is 0.227 e. The van der Waals surface area contributed by atoms with E-state index in [0.717, 1.165) is 17.0 Å². The number of amides is 1. The number of rotatable bonds is 7. The largest absolute Gasteiger partial charge is 0.467 e. The summed E-state index contributed by atoms with van der Waals surface area (Å²) in [5, 5.41) is 1.86. The molecule has 0 N–H and O–H groups in total. The first kappa shape index (κ1) is 17.1. The van der Waals surface area contributed by atoms with E-state index in [1.165, 1.54) is 18.3 Å². The van der Waals surface area contributed by atoms with Gasteiger partial charge in [0.1, 0.15) is 5.76 Å². The average molecular weight is 354 g/mol. The Bertz CT molecular complexity index is 841. The summed E-state index contributed by atoms with van der Waals surface area (Å²) in [6, 6.07) is 11.1. The molecule has 0 fully saturated rings. The second kappa shape index (κ2) is 7.90. The molecule has 3 aromatic rings. The summed E-state index contributed by atoms with van der Waals surface area (Å²) in [7, 11) is 0. The Morgan fingerprint density at radius 3 is 2.72 bits per heavy atom. The van der Waals surface area contributed by atoms with Gasteiger partial charge in [0.05, 0.1) is 36.3 Å². The third-order valence-corrected chi connectivity index (χ3v) is 4.79. The second-order valence-electron chi connectivity index (χ2n) is 5.70. The number of thiophene rings is 1. The molecule has 0 saturated heterocycles. The van der Waals surface area contributed by atoms with Gasteiger partial charge in [0.15, 0.2) is 5.78 Å². The zero-order valence-electron chi connectivity index (χ0n) is 13.8. The molecule has 3 rings (SSSR count). The van der Waals surface area contributed by atoms with Crippen LogP contribution in [0.1, 0.15) is 33.6 Å². The van der Waals surface area contributed by atoms with Gasteiger partial charge >= 0.3 is 0 Å². The highest BCUT2D eigenvalue weighted by Crippen LogP contribution is 2.18. The first-order valence-electron chi connectivity index (χ1n) is 7.90. The van der Waals surface area contributed by atoms with Crippen LogP contribution in [0.25, 0.3) is 0 Å². The third kappa shape index (κ3) is 4.64. The van der Waals surface area contributed by atoms with E-state index in [2.05, 4.69) is 4.98 Å². The number of pyridine rings is 1. The van der Waals surface area contributed by atoms with Gasteiger partial charge in [-0.3, -0.25) is 14.6 Å². The van der Waals surface area contributed by atoms with E-state index in [1.54, 1.807) is 29.5 Å². The molecule has 0 aliphatic rings. The fourth-order valence-corrected chi connectivity index (χ4v) is 3.26. The molecular formula is C19H18N2O3S. The standard InChI is InChI=1S/C19H18N2O3S/c1-14(22)18-9-15(13-25-18)10-19(23)21(12-17-6-4-8-24-17)11-16-5-2-3-7-20-16/h2-9,13H,10-12H2,1H3. The van der Waals surface area contributed by atoms with Crippen LogP contribution in [0.2, 0.25) is 0 Å². The topological polar surface area (TPSA) is 63.4 Å². The fourth-order valence-electron chi connectivity index (χ4n) is 2.45. The van der Waals surface area contributed by atoms with Crippen molar-refractivity contribution in [1.82, 2.24) is 9.88 Å². The number of hydrogen-bond donors (Lipinski definition) is 0. The maximum Gasteiger partial charge on any atom is 0.227 e. The number of hydrogen-bond acceptors (Lipinski definition) is 5. The van der Waals surface area contributed by atoms with Crippen LogP contribution >= 0.6 is 11.3 Å². The summed E-state index contributed by atoms with van der Waals surface area (Å²) in [6.07, 6.45) is 3.55. The normalized spacial score (nSPS) is 10.6. The van der Waals surface area contributed by atoms with Crippen molar-refractivity contribution in [2.45, 2.75) is 26.4 Å². The van der Waals surface area contributed by atoms with E-state index in [9.17, 15) is 9.59 Å². The molecule has 0 saturated carbocycles. The van der Waals surface area contributed by atoms with Crippen molar-refractivity contribution in [2.24, 2.45) is 0 Å². The lowest BCUT2D eigenvalue weighted by Gasteiger charge is -2.21. The lowest BCUT2D eigenvalue weighted by atomic mass is 10.2. The van der Waals surface area contributed by atoms with Crippen molar-refractivity contribution >= 4 is 23.0 Å². The highest BCUT2D eigenvalue weighted by molar-refractivity contribution is 7.12. The van der Waals surface area contributed by atoms with E-state index < -0.39 is 0 Å². The van der Waals surface area contributed by atoms with Crippen LogP contribution in [0.4, 0.5) is 0 Å². The monoisotopic (exact) mass is 354 g/mol. The Morgan fingerprint density at radius 1 is 1.20 bits per heavy atom. The molecule has 0 bridgehead atoms. The quantitative estimate of drug-likeness (QED) is 0.607. The lowest BCUT2D eigenvalue weighted by Crippen LogP contribution is -2.31. The molecule has 128 valence electrons. The Balaban J connectivity index is 1.74. The number of carbonyl (C=O) groups is 2. The second-order valence-corrected chi connectivity index (χ2v) is 6.61. The van der Waals surface area contributed by atoms with Gasteiger partial charge in [0, 0.05) is 6.20 Å². The highest BCUT2D eigenvalue weighted by atomic mass is 32.1. The summed E-state index contributed by atoms with van der Waals surface area (Å²) >= 11 is 1.37. The van der Waals surface area contributed by atoms with Gasteiger partial charge in [0.25, 0.3) is 0 Å². The van der Waals surface area contributed by atoms with Gasteiger partial charge in [-0.2, -0.15) is 0 Å². The number of ketones is 1. The minimum absolute atomic E-state index is 0.0182. The van der Waals surface area contributed by atoms with Crippen molar-refractivity contribution in [3.05, 3.63) is 76.1 Å². The first-order chi connectivity index (χ1) is 12.1. The molecule has 0 aromatic carbocycles. The Morgan fingerprint density at radius 2 is 2.08 bits per heavy atom. The van der Waals surface area contributed by atoms with Gasteiger partial charge in [-0.15, -0.1) is 11.3 Å². The molecule has 3 heterocycles. The van der Waals surface area contributed by atoms with E-state index in [4.69, 9.17) is 4.42 Å². The van der Waals surface area contributed by atoms with Crippen LogP contribution in [0.3, 0.4) is 0 Å². The summed E-state index contributed by atoms with van der Waals surface area (Å²) in [6.45, 7) is 2.32. The summed E-state index contributed by atoms with van der Waals surface area (Å²) in [5.74, 6) is 0.707. The van der Waals surface area contributed by atoms with E-state index >= 15 is 0 Å². The van der Waals surface area contributed by atoms with Gasteiger partial charge in [-0.05, 0) is 48.2 Å². The van der Waals surface area contributed by atoms with Gasteiger partial charge < -0.3 is 9.32 Å². The predicted molar refractivity (Wildman–Crippen MR) is 95.2 cm³/mol. The molecule has 25 heavy (non-hydrogen) atoms. The molecule has 0 aliphatic carbocycles. The van der Waals surface area contributed by atoms with E-state index in [1.807, 2.05) is 29.6 Å². The van der Waals surface area contributed by atoms with Crippen molar-refractivity contribution in [2.75, 3.05) is 0 Å².